The number of aliphatic carboxylic acids is 1. The van der Waals surface area contributed by atoms with Gasteiger partial charge in [0.15, 0.2) is 0 Å². The van der Waals surface area contributed by atoms with Crippen molar-refractivity contribution < 1.29 is 28.0 Å². The summed E-state index contributed by atoms with van der Waals surface area (Å²) in [4.78, 5) is 10.0. The molecule has 6 nitrogen and oxygen atoms in total. The van der Waals surface area contributed by atoms with Gasteiger partial charge in [-0.1, -0.05) is 87.2 Å². The van der Waals surface area contributed by atoms with Gasteiger partial charge in [-0.05, 0) is 62.1 Å². The number of phosphoric ester groups is 1. The summed E-state index contributed by atoms with van der Waals surface area (Å²) < 4.78 is 30.8. The maximum atomic E-state index is 13.5. The second-order valence-corrected chi connectivity index (χ2v) is 10.0. The van der Waals surface area contributed by atoms with Crippen LogP contribution in [0.4, 0.5) is 0 Å². The largest absolute Gasteiger partial charge is 0.647 e. The molecule has 0 aromatic heterocycles. The highest BCUT2D eigenvalue weighted by Gasteiger charge is 2.34. The number of carboxylic acids is 1. The minimum Gasteiger partial charge on any atom is -0.481 e. The van der Waals surface area contributed by atoms with Crippen LogP contribution >= 0.6 is 7.82 Å². The Morgan fingerprint density at radius 3 is 1.36 bits per heavy atom. The molecule has 3 aromatic rings. The van der Waals surface area contributed by atoms with E-state index in [0.717, 1.165) is 29.5 Å². The van der Waals surface area contributed by atoms with E-state index in [9.17, 15) is 9.36 Å². The number of para-hydroxylation sites is 3. The minimum atomic E-state index is -3.97. The van der Waals surface area contributed by atoms with E-state index in [2.05, 4.69) is 6.92 Å². The first-order valence-electron chi connectivity index (χ1n) is 12.3. The van der Waals surface area contributed by atoms with Crippen LogP contribution in [0.5, 0.6) is 17.2 Å². The summed E-state index contributed by atoms with van der Waals surface area (Å²) in [7, 11) is -3.97. The fourth-order valence-electron chi connectivity index (χ4n) is 3.27. The highest BCUT2D eigenvalue weighted by atomic mass is 31.2. The van der Waals surface area contributed by atoms with Crippen molar-refractivity contribution >= 4 is 13.8 Å². The molecule has 0 aliphatic carbocycles. The topological polar surface area (TPSA) is 82.1 Å². The van der Waals surface area contributed by atoms with Crippen molar-refractivity contribution in [2.24, 2.45) is 0 Å². The molecule has 0 spiro atoms. The molecule has 0 atom stereocenters. The summed E-state index contributed by atoms with van der Waals surface area (Å²) in [5.41, 5.74) is 2.53. The van der Waals surface area contributed by atoms with E-state index in [1.165, 1.54) is 19.3 Å². The van der Waals surface area contributed by atoms with Gasteiger partial charge in [0.05, 0.1) is 0 Å². The Kier molecular flexibility index (Phi) is 12.1. The molecule has 1 N–H and O–H groups in total. The third-order valence-corrected chi connectivity index (χ3v) is 6.67. The van der Waals surface area contributed by atoms with Gasteiger partial charge in [-0.25, -0.2) is 0 Å². The molecular formula is C29H37O6P. The lowest BCUT2D eigenvalue weighted by atomic mass is 10.1. The Hall–Kier alpha value is -3.24. The summed E-state index contributed by atoms with van der Waals surface area (Å²) in [6.45, 7) is 7.78. The maximum absolute atomic E-state index is 13.5. The Morgan fingerprint density at radius 1 is 0.667 bits per heavy atom. The van der Waals surface area contributed by atoms with Crippen molar-refractivity contribution in [1.29, 1.82) is 0 Å². The van der Waals surface area contributed by atoms with Gasteiger partial charge in [0.1, 0.15) is 17.2 Å². The molecule has 0 radical (unpaired) electrons. The monoisotopic (exact) mass is 512 g/mol. The maximum Gasteiger partial charge on any atom is 0.647 e. The molecule has 0 saturated carbocycles. The first-order valence-corrected chi connectivity index (χ1v) is 13.8. The van der Waals surface area contributed by atoms with Crippen LogP contribution in [-0.2, 0) is 9.36 Å². The second kappa shape index (κ2) is 15.0. The number of phosphoric acid groups is 1. The fourth-order valence-corrected chi connectivity index (χ4v) is 4.72. The predicted molar refractivity (Wildman–Crippen MR) is 144 cm³/mol. The van der Waals surface area contributed by atoms with Crippen LogP contribution in [0.25, 0.3) is 0 Å². The Bertz CT molecular complexity index is 1020. The molecule has 0 saturated heterocycles. The van der Waals surface area contributed by atoms with Gasteiger partial charge >= 0.3 is 13.8 Å². The van der Waals surface area contributed by atoms with E-state index in [0.29, 0.717) is 23.7 Å². The lowest BCUT2D eigenvalue weighted by Crippen LogP contribution is -2.09. The summed E-state index contributed by atoms with van der Waals surface area (Å²) in [6, 6.07) is 22.0. The smallest absolute Gasteiger partial charge is 0.481 e. The number of carboxylic acid groups (broad SMARTS) is 1. The van der Waals surface area contributed by atoms with Crippen LogP contribution < -0.4 is 13.6 Å². The quantitative estimate of drug-likeness (QED) is 0.193. The molecule has 0 amide bonds. The number of carbonyl (C=O) groups is 1. The normalized spacial score (nSPS) is 10.7. The number of rotatable bonds is 12. The average Bonchev–Trinajstić information content (AvgIpc) is 2.84. The van der Waals surface area contributed by atoms with Crippen molar-refractivity contribution in [2.75, 3.05) is 0 Å². The molecule has 0 heterocycles. The Labute approximate surface area is 214 Å². The van der Waals surface area contributed by atoms with Gasteiger partial charge in [-0.15, -0.1) is 0 Å². The summed E-state index contributed by atoms with van der Waals surface area (Å²) in [6.07, 6.45) is 5.88. The van der Waals surface area contributed by atoms with E-state index < -0.39 is 13.8 Å². The van der Waals surface area contributed by atoms with E-state index in [1.807, 2.05) is 75.4 Å². The SMILES string of the molecule is CCCCCCCC(=O)O.Cc1ccccc1OP(=O)(Oc1ccccc1C)Oc1ccccc1C. The van der Waals surface area contributed by atoms with Crippen LogP contribution in [-0.4, -0.2) is 11.1 Å². The zero-order valence-electron chi connectivity index (χ0n) is 21.6. The number of unbranched alkanes of at least 4 members (excludes halogenated alkanes) is 4. The van der Waals surface area contributed by atoms with Gasteiger partial charge in [0.2, 0.25) is 0 Å². The molecular weight excluding hydrogens is 475 g/mol. The van der Waals surface area contributed by atoms with E-state index in [1.54, 1.807) is 18.2 Å². The van der Waals surface area contributed by atoms with Crippen LogP contribution in [0.3, 0.4) is 0 Å². The number of aryl methyl sites for hydroxylation is 3. The van der Waals surface area contributed by atoms with Crippen LogP contribution in [0, 0.1) is 20.8 Å². The number of benzene rings is 3. The van der Waals surface area contributed by atoms with E-state index in [-0.39, 0.29) is 0 Å². The molecule has 0 aliphatic rings. The molecule has 0 unspecified atom stereocenters. The Morgan fingerprint density at radius 2 is 1.03 bits per heavy atom. The number of hydrogen-bond donors (Lipinski definition) is 1. The summed E-state index contributed by atoms with van der Waals surface area (Å²) in [5.74, 6) is 0.700. The molecule has 194 valence electrons. The summed E-state index contributed by atoms with van der Waals surface area (Å²) >= 11 is 0. The van der Waals surface area contributed by atoms with Crippen LogP contribution in [0.15, 0.2) is 72.8 Å². The number of hydrogen-bond acceptors (Lipinski definition) is 5. The minimum absolute atomic E-state index is 0.337. The second-order valence-electron chi connectivity index (χ2n) is 8.58. The fraction of sp³-hybridized carbons (Fsp3) is 0.345. The highest BCUT2D eigenvalue weighted by Crippen LogP contribution is 2.51. The van der Waals surface area contributed by atoms with Crippen molar-refractivity contribution in [3.63, 3.8) is 0 Å². The van der Waals surface area contributed by atoms with Gasteiger partial charge in [0, 0.05) is 6.42 Å². The lowest BCUT2D eigenvalue weighted by Gasteiger charge is -2.21. The molecule has 3 rings (SSSR count). The molecule has 7 heteroatoms. The highest BCUT2D eigenvalue weighted by molar-refractivity contribution is 7.49. The molecule has 3 aromatic carbocycles. The molecule has 0 aliphatic heterocycles. The first kappa shape index (κ1) is 29.0. The van der Waals surface area contributed by atoms with E-state index >= 15 is 0 Å². The zero-order chi connectivity index (χ0) is 26.4. The zero-order valence-corrected chi connectivity index (χ0v) is 22.5. The third kappa shape index (κ3) is 10.2. The molecule has 0 fully saturated rings. The predicted octanol–water partition coefficient (Wildman–Crippen LogP) is 8.69. The first-order chi connectivity index (χ1) is 17.2. The van der Waals surface area contributed by atoms with Crippen molar-refractivity contribution in [3.05, 3.63) is 89.5 Å². The third-order valence-electron chi connectivity index (χ3n) is 5.41. The molecule has 0 bridgehead atoms. The standard InChI is InChI=1S/C21H21O4P.C8H16O2/c1-16-10-4-7-13-19(16)23-26(22,24-20-14-8-5-11-17(20)2)25-21-15-9-6-12-18(21)3;1-2-3-4-5-6-7-8(9)10/h4-15H,1-3H3;2-7H2,1H3,(H,9,10). The van der Waals surface area contributed by atoms with Gasteiger partial charge < -0.3 is 18.7 Å². The Balaban J connectivity index is 0.000000388. The van der Waals surface area contributed by atoms with Crippen LogP contribution in [0.2, 0.25) is 0 Å². The van der Waals surface area contributed by atoms with E-state index in [4.69, 9.17) is 18.7 Å². The molecule has 36 heavy (non-hydrogen) atoms. The van der Waals surface area contributed by atoms with Gasteiger partial charge in [0.25, 0.3) is 0 Å². The summed E-state index contributed by atoms with van der Waals surface area (Å²) in [5, 5.41) is 8.27. The van der Waals surface area contributed by atoms with Crippen molar-refractivity contribution in [3.8, 4) is 17.2 Å². The van der Waals surface area contributed by atoms with Gasteiger partial charge in [-0.2, -0.15) is 4.57 Å². The lowest BCUT2D eigenvalue weighted by molar-refractivity contribution is -0.137. The van der Waals surface area contributed by atoms with Crippen LogP contribution in [0.1, 0.15) is 62.1 Å². The van der Waals surface area contributed by atoms with Crippen molar-refractivity contribution in [2.45, 2.75) is 66.2 Å². The van der Waals surface area contributed by atoms with Gasteiger partial charge in [-0.3, -0.25) is 4.79 Å². The average molecular weight is 513 g/mol. The van der Waals surface area contributed by atoms with Crippen molar-refractivity contribution in [1.82, 2.24) is 0 Å².